The summed E-state index contributed by atoms with van der Waals surface area (Å²) in [6.07, 6.45) is 10.8. The third-order valence-corrected chi connectivity index (χ3v) is 5.20. The number of hydrogen-bond acceptors (Lipinski definition) is 3. The summed E-state index contributed by atoms with van der Waals surface area (Å²) in [5.41, 5.74) is 4.21. The molecule has 0 radical (unpaired) electrons. The Bertz CT molecular complexity index is 570. The molecule has 0 spiro atoms. The van der Waals surface area contributed by atoms with Crippen LogP contribution in [-0.2, 0) is 19.4 Å². The molecule has 2 aromatic heterocycles. The summed E-state index contributed by atoms with van der Waals surface area (Å²) in [5, 5.41) is 6.90. The van der Waals surface area contributed by atoms with E-state index < -0.39 is 0 Å². The van der Waals surface area contributed by atoms with Crippen molar-refractivity contribution in [3.63, 3.8) is 0 Å². The van der Waals surface area contributed by atoms with Gasteiger partial charge in [-0.3, -0.25) is 0 Å². The average Bonchev–Trinajstić information content (AvgIpc) is 3.02. The van der Waals surface area contributed by atoms with Gasteiger partial charge in [-0.25, -0.2) is 4.98 Å². The maximum Gasteiger partial charge on any atom is 0.0926 e. The number of rotatable bonds is 4. The summed E-state index contributed by atoms with van der Waals surface area (Å²) in [5.74, 6) is 0. The monoisotopic (exact) mass is 289 g/mol. The average molecular weight is 289 g/mol. The van der Waals surface area contributed by atoms with Crippen molar-refractivity contribution < 1.29 is 0 Å². The number of aromatic nitrogens is 2. The van der Waals surface area contributed by atoms with Gasteiger partial charge in [0.05, 0.1) is 17.2 Å². The molecule has 0 fully saturated rings. The molecule has 2 heterocycles. The highest BCUT2D eigenvalue weighted by Gasteiger charge is 2.19. The molecule has 3 nitrogen and oxygen atoms in total. The van der Waals surface area contributed by atoms with Crippen LogP contribution in [-0.4, -0.2) is 16.6 Å². The highest BCUT2D eigenvalue weighted by molar-refractivity contribution is 7.09. The number of fused-ring (bicyclic) bond motifs is 1. The van der Waals surface area contributed by atoms with Gasteiger partial charge in [-0.05, 0) is 43.9 Å². The summed E-state index contributed by atoms with van der Waals surface area (Å²) in [6, 6.07) is 0.524. The molecule has 1 aliphatic rings. The SMILES string of the molecule is CCc1nc(Cn2cc3c(c2)C(NC)CCCC3)cs1. The topological polar surface area (TPSA) is 29.9 Å². The van der Waals surface area contributed by atoms with Gasteiger partial charge >= 0.3 is 0 Å². The van der Waals surface area contributed by atoms with Gasteiger partial charge in [-0.1, -0.05) is 13.3 Å². The summed E-state index contributed by atoms with van der Waals surface area (Å²) in [6.45, 7) is 3.07. The summed E-state index contributed by atoms with van der Waals surface area (Å²) in [4.78, 5) is 4.67. The number of nitrogens with zero attached hydrogens (tertiary/aromatic N) is 2. The Morgan fingerprint density at radius 1 is 1.40 bits per heavy atom. The normalized spacial score (nSPS) is 18.8. The fourth-order valence-corrected chi connectivity index (χ4v) is 3.81. The van der Waals surface area contributed by atoms with Crippen LogP contribution in [0.1, 0.15) is 54.1 Å². The van der Waals surface area contributed by atoms with Crippen molar-refractivity contribution in [3.05, 3.63) is 39.6 Å². The van der Waals surface area contributed by atoms with Crippen LogP contribution in [0.25, 0.3) is 0 Å². The first-order valence-corrected chi connectivity index (χ1v) is 8.47. The molecule has 1 aliphatic carbocycles. The molecule has 0 saturated carbocycles. The molecule has 1 atom stereocenters. The maximum atomic E-state index is 4.67. The Balaban J connectivity index is 1.81. The molecule has 3 rings (SSSR count). The molecule has 0 bridgehead atoms. The third kappa shape index (κ3) is 2.81. The summed E-state index contributed by atoms with van der Waals surface area (Å²) in [7, 11) is 2.07. The minimum absolute atomic E-state index is 0.524. The van der Waals surface area contributed by atoms with Crippen molar-refractivity contribution in [3.8, 4) is 0 Å². The van der Waals surface area contributed by atoms with E-state index in [0.717, 1.165) is 13.0 Å². The molecule has 0 aromatic carbocycles. The largest absolute Gasteiger partial charge is 0.348 e. The molecule has 1 unspecified atom stereocenters. The molecule has 1 N–H and O–H groups in total. The van der Waals surface area contributed by atoms with Crippen molar-refractivity contribution in [1.82, 2.24) is 14.9 Å². The molecule has 2 aromatic rings. The predicted octanol–water partition coefficient (Wildman–Crippen LogP) is 3.54. The second-order valence-corrected chi connectivity index (χ2v) is 6.53. The molecule has 4 heteroatoms. The molecule has 20 heavy (non-hydrogen) atoms. The van der Waals surface area contributed by atoms with E-state index in [9.17, 15) is 0 Å². The van der Waals surface area contributed by atoms with Crippen LogP contribution in [0.4, 0.5) is 0 Å². The van der Waals surface area contributed by atoms with Crippen molar-refractivity contribution in [2.75, 3.05) is 7.05 Å². The Morgan fingerprint density at radius 2 is 2.30 bits per heavy atom. The van der Waals surface area contributed by atoms with Crippen molar-refractivity contribution in [2.24, 2.45) is 0 Å². The standard InChI is InChI=1S/C16H23N3S/c1-3-16-18-13(11-20-16)9-19-8-12-6-4-5-7-15(17-2)14(12)10-19/h8,10-11,15,17H,3-7,9H2,1-2H3. The summed E-state index contributed by atoms with van der Waals surface area (Å²) < 4.78 is 2.31. The molecule has 0 aliphatic heterocycles. The first kappa shape index (κ1) is 13.8. The lowest BCUT2D eigenvalue weighted by Gasteiger charge is -2.13. The second-order valence-electron chi connectivity index (χ2n) is 5.58. The van der Waals surface area contributed by atoms with Crippen LogP contribution in [0.5, 0.6) is 0 Å². The van der Waals surface area contributed by atoms with Gasteiger partial charge in [-0.15, -0.1) is 11.3 Å². The maximum absolute atomic E-state index is 4.67. The minimum atomic E-state index is 0.524. The highest BCUT2D eigenvalue weighted by atomic mass is 32.1. The van der Waals surface area contributed by atoms with Crippen LogP contribution in [0.15, 0.2) is 17.8 Å². The van der Waals surface area contributed by atoms with Crippen LogP contribution >= 0.6 is 11.3 Å². The van der Waals surface area contributed by atoms with Crippen LogP contribution < -0.4 is 5.32 Å². The smallest absolute Gasteiger partial charge is 0.0926 e. The zero-order valence-corrected chi connectivity index (χ0v) is 13.2. The van der Waals surface area contributed by atoms with E-state index in [4.69, 9.17) is 0 Å². The first-order valence-electron chi connectivity index (χ1n) is 7.59. The second kappa shape index (κ2) is 6.10. The Labute approximate surface area is 125 Å². The van der Waals surface area contributed by atoms with Crippen LogP contribution in [0, 0.1) is 0 Å². The number of thiazole rings is 1. The van der Waals surface area contributed by atoms with Crippen molar-refractivity contribution in [2.45, 2.75) is 51.6 Å². The quantitative estimate of drug-likeness (QED) is 0.873. The predicted molar refractivity (Wildman–Crippen MR) is 84.4 cm³/mol. The van der Waals surface area contributed by atoms with Gasteiger partial charge in [0.2, 0.25) is 0 Å². The third-order valence-electron chi connectivity index (χ3n) is 4.16. The minimum Gasteiger partial charge on any atom is -0.348 e. The van der Waals surface area contributed by atoms with Gasteiger partial charge in [-0.2, -0.15) is 0 Å². The summed E-state index contributed by atoms with van der Waals surface area (Å²) >= 11 is 1.78. The van der Waals surface area contributed by atoms with E-state index >= 15 is 0 Å². The van der Waals surface area contributed by atoms with Crippen molar-refractivity contribution >= 4 is 11.3 Å². The van der Waals surface area contributed by atoms with E-state index in [-0.39, 0.29) is 0 Å². The molecular weight excluding hydrogens is 266 g/mol. The number of nitrogens with one attached hydrogen (secondary N) is 1. The Morgan fingerprint density at radius 3 is 3.05 bits per heavy atom. The zero-order chi connectivity index (χ0) is 13.9. The number of aryl methyl sites for hydroxylation is 2. The lowest BCUT2D eigenvalue weighted by Crippen LogP contribution is -2.15. The van der Waals surface area contributed by atoms with Crippen molar-refractivity contribution in [1.29, 1.82) is 0 Å². The molecule has 0 saturated heterocycles. The molecule has 0 amide bonds. The molecule has 108 valence electrons. The number of hydrogen-bond donors (Lipinski definition) is 1. The van der Waals surface area contributed by atoms with E-state index in [2.05, 4.69) is 46.6 Å². The van der Waals surface area contributed by atoms with E-state index in [1.165, 1.54) is 47.5 Å². The van der Waals surface area contributed by atoms with Crippen LogP contribution in [0.3, 0.4) is 0 Å². The van der Waals surface area contributed by atoms with Gasteiger partial charge in [0.15, 0.2) is 0 Å². The van der Waals surface area contributed by atoms with E-state index in [1.807, 2.05) is 0 Å². The van der Waals surface area contributed by atoms with Gasteiger partial charge in [0, 0.05) is 23.8 Å². The lowest BCUT2D eigenvalue weighted by molar-refractivity contribution is 0.531. The Kier molecular flexibility index (Phi) is 4.22. The van der Waals surface area contributed by atoms with E-state index in [0.29, 0.717) is 6.04 Å². The van der Waals surface area contributed by atoms with Crippen LogP contribution in [0.2, 0.25) is 0 Å². The fraction of sp³-hybridized carbons (Fsp3) is 0.562. The van der Waals surface area contributed by atoms with E-state index in [1.54, 1.807) is 11.3 Å². The lowest BCUT2D eigenvalue weighted by atomic mass is 10.1. The zero-order valence-electron chi connectivity index (χ0n) is 12.4. The highest BCUT2D eigenvalue weighted by Crippen LogP contribution is 2.29. The van der Waals surface area contributed by atoms with Gasteiger partial charge in [0.1, 0.15) is 0 Å². The van der Waals surface area contributed by atoms with Gasteiger partial charge in [0.25, 0.3) is 0 Å². The molecular formula is C16H23N3S. The Hall–Kier alpha value is -1.13. The van der Waals surface area contributed by atoms with Gasteiger partial charge < -0.3 is 9.88 Å². The fourth-order valence-electron chi connectivity index (χ4n) is 3.08. The first-order chi connectivity index (χ1) is 9.80.